The molecule has 0 fully saturated rings. The van der Waals surface area contributed by atoms with E-state index in [-0.39, 0.29) is 0 Å². The number of allylic oxidation sites excluding steroid dienone is 2. The molecule has 70 valence electrons. The predicted molar refractivity (Wildman–Crippen MR) is 63.2 cm³/mol. The van der Waals surface area contributed by atoms with Gasteiger partial charge in [-0.2, -0.15) is 0 Å². The Balaban J connectivity index is 2.77. The molecule has 0 bridgehead atoms. The Morgan fingerprint density at radius 3 is 2.46 bits per heavy atom. The number of hydrogen-bond donors (Lipinski definition) is 0. The Labute approximate surface area is 88.8 Å². The number of hydrogen-bond acceptors (Lipinski definition) is 0. The lowest BCUT2D eigenvalue weighted by atomic mass is 10.1. The Morgan fingerprint density at radius 2 is 1.92 bits per heavy atom. The quantitative estimate of drug-likeness (QED) is 0.694. The summed E-state index contributed by atoms with van der Waals surface area (Å²) in [6, 6.07) is 8.66. The smallest absolute Gasteiger partial charge is 0.00661 e. The molecule has 0 aromatic heterocycles. The third kappa shape index (κ3) is 3.35. The van der Waals surface area contributed by atoms with Crippen molar-refractivity contribution in [3.8, 4) is 0 Å². The summed E-state index contributed by atoms with van der Waals surface area (Å²) < 4.78 is 0. The number of rotatable bonds is 3. The first kappa shape index (κ1) is 10.5. The Morgan fingerprint density at radius 1 is 1.31 bits per heavy atom. The van der Waals surface area contributed by atoms with Crippen molar-refractivity contribution in [1.82, 2.24) is 0 Å². The van der Waals surface area contributed by atoms with Crippen LogP contribution in [0.15, 0.2) is 30.3 Å². The highest BCUT2D eigenvalue weighted by Crippen LogP contribution is 2.15. The van der Waals surface area contributed by atoms with E-state index in [2.05, 4.69) is 60.1 Å². The summed E-state index contributed by atoms with van der Waals surface area (Å²) >= 11 is 3.42. The van der Waals surface area contributed by atoms with E-state index in [1.807, 2.05) is 0 Å². The van der Waals surface area contributed by atoms with Crippen molar-refractivity contribution in [1.29, 1.82) is 0 Å². The van der Waals surface area contributed by atoms with Gasteiger partial charge in [0.05, 0.1) is 0 Å². The van der Waals surface area contributed by atoms with E-state index in [1.165, 1.54) is 16.7 Å². The first-order valence-corrected chi connectivity index (χ1v) is 5.66. The lowest BCUT2D eigenvalue weighted by Gasteiger charge is -2.01. The summed E-state index contributed by atoms with van der Waals surface area (Å²) in [5.74, 6) is 0. The normalized spacial score (nSPS) is 11.8. The van der Waals surface area contributed by atoms with Gasteiger partial charge < -0.3 is 0 Å². The molecule has 1 aromatic rings. The average Bonchev–Trinajstić information content (AvgIpc) is 2.15. The van der Waals surface area contributed by atoms with Crippen molar-refractivity contribution in [3.63, 3.8) is 0 Å². The molecule has 0 aliphatic heterocycles. The van der Waals surface area contributed by atoms with Crippen LogP contribution in [0.1, 0.15) is 24.5 Å². The molecule has 1 rings (SSSR count). The van der Waals surface area contributed by atoms with E-state index >= 15 is 0 Å². The molecule has 0 nitrogen and oxygen atoms in total. The molecule has 0 radical (unpaired) electrons. The highest BCUT2D eigenvalue weighted by molar-refractivity contribution is 9.09. The van der Waals surface area contributed by atoms with Crippen molar-refractivity contribution >= 4 is 21.5 Å². The van der Waals surface area contributed by atoms with Crippen molar-refractivity contribution in [2.24, 2.45) is 0 Å². The van der Waals surface area contributed by atoms with Crippen molar-refractivity contribution in [2.45, 2.75) is 20.3 Å². The third-order valence-corrected chi connectivity index (χ3v) is 2.52. The molecule has 1 heteroatoms. The molecule has 13 heavy (non-hydrogen) atoms. The van der Waals surface area contributed by atoms with E-state index < -0.39 is 0 Å². The molecule has 0 saturated carbocycles. The van der Waals surface area contributed by atoms with Crippen LogP contribution in [0.2, 0.25) is 0 Å². The molecule has 0 spiro atoms. The van der Waals surface area contributed by atoms with Gasteiger partial charge in [-0.1, -0.05) is 51.8 Å². The van der Waals surface area contributed by atoms with Crippen LogP contribution in [0.25, 0.3) is 5.57 Å². The molecular weight excluding hydrogens is 224 g/mol. The van der Waals surface area contributed by atoms with Gasteiger partial charge in [-0.05, 0) is 31.4 Å². The summed E-state index contributed by atoms with van der Waals surface area (Å²) in [4.78, 5) is 0. The second-order valence-electron chi connectivity index (χ2n) is 3.23. The van der Waals surface area contributed by atoms with Gasteiger partial charge in [0.2, 0.25) is 0 Å². The molecule has 0 N–H and O–H groups in total. The van der Waals surface area contributed by atoms with E-state index in [9.17, 15) is 0 Å². The van der Waals surface area contributed by atoms with Gasteiger partial charge in [0.15, 0.2) is 0 Å². The van der Waals surface area contributed by atoms with Gasteiger partial charge in [0.25, 0.3) is 0 Å². The minimum atomic E-state index is 1.04. The van der Waals surface area contributed by atoms with Gasteiger partial charge in [0, 0.05) is 5.33 Å². The number of halogens is 1. The maximum Gasteiger partial charge on any atom is 0.00661 e. The first-order valence-electron chi connectivity index (χ1n) is 4.54. The molecule has 0 heterocycles. The largest absolute Gasteiger partial charge is 0.0925 e. The maximum absolute atomic E-state index is 3.42. The van der Waals surface area contributed by atoms with Crippen LogP contribution in [-0.4, -0.2) is 5.33 Å². The Hall–Kier alpha value is -0.560. The molecule has 0 aliphatic rings. The average molecular weight is 239 g/mol. The second kappa shape index (κ2) is 5.23. The van der Waals surface area contributed by atoms with Crippen LogP contribution in [0, 0.1) is 6.92 Å². The molecular formula is C12H15Br. The van der Waals surface area contributed by atoms with Crippen molar-refractivity contribution in [2.75, 3.05) is 5.33 Å². The van der Waals surface area contributed by atoms with Crippen molar-refractivity contribution < 1.29 is 0 Å². The molecule has 0 amide bonds. The molecule has 0 aliphatic carbocycles. The molecule has 0 saturated heterocycles. The Bertz CT molecular complexity index is 282. The standard InChI is InChI=1S/C12H15Br/c1-10-5-7-12(8-6-10)11(2)4-3-9-13/h4-8H,3,9H2,1-2H3/b11-4+. The van der Waals surface area contributed by atoms with Crippen LogP contribution >= 0.6 is 15.9 Å². The summed E-state index contributed by atoms with van der Waals surface area (Å²) in [6.07, 6.45) is 3.36. The zero-order chi connectivity index (χ0) is 9.68. The topological polar surface area (TPSA) is 0 Å². The van der Waals surface area contributed by atoms with Crippen LogP contribution < -0.4 is 0 Å². The van der Waals surface area contributed by atoms with Crippen LogP contribution in [0.3, 0.4) is 0 Å². The Kier molecular flexibility index (Phi) is 4.23. The molecule has 1 aromatic carbocycles. The second-order valence-corrected chi connectivity index (χ2v) is 4.02. The van der Waals surface area contributed by atoms with Gasteiger partial charge in [-0.15, -0.1) is 0 Å². The molecule has 0 unspecified atom stereocenters. The SMILES string of the molecule is C/C(=C\CCBr)c1ccc(C)cc1. The monoisotopic (exact) mass is 238 g/mol. The first-order chi connectivity index (χ1) is 6.24. The number of alkyl halides is 1. The highest BCUT2D eigenvalue weighted by Gasteiger charge is 1.93. The summed E-state index contributed by atoms with van der Waals surface area (Å²) in [5.41, 5.74) is 4.00. The number of aryl methyl sites for hydroxylation is 1. The maximum atomic E-state index is 3.42. The van der Waals surface area contributed by atoms with E-state index in [1.54, 1.807) is 0 Å². The summed E-state index contributed by atoms with van der Waals surface area (Å²) in [7, 11) is 0. The summed E-state index contributed by atoms with van der Waals surface area (Å²) in [6.45, 7) is 4.27. The van der Waals surface area contributed by atoms with E-state index in [0.29, 0.717) is 0 Å². The van der Waals surface area contributed by atoms with Gasteiger partial charge in [0.1, 0.15) is 0 Å². The van der Waals surface area contributed by atoms with E-state index in [4.69, 9.17) is 0 Å². The summed E-state index contributed by atoms with van der Waals surface area (Å²) in [5, 5.41) is 1.04. The highest BCUT2D eigenvalue weighted by atomic mass is 79.9. The van der Waals surface area contributed by atoms with Crippen LogP contribution in [-0.2, 0) is 0 Å². The fraction of sp³-hybridized carbons (Fsp3) is 0.333. The minimum Gasteiger partial charge on any atom is -0.0925 e. The van der Waals surface area contributed by atoms with E-state index in [0.717, 1.165) is 11.8 Å². The zero-order valence-corrected chi connectivity index (χ0v) is 9.76. The van der Waals surface area contributed by atoms with Crippen LogP contribution in [0.5, 0.6) is 0 Å². The lowest BCUT2D eigenvalue weighted by molar-refractivity contribution is 1.25. The van der Waals surface area contributed by atoms with Crippen molar-refractivity contribution in [3.05, 3.63) is 41.5 Å². The van der Waals surface area contributed by atoms with Gasteiger partial charge in [-0.3, -0.25) is 0 Å². The predicted octanol–water partition coefficient (Wildman–Crippen LogP) is 4.18. The zero-order valence-electron chi connectivity index (χ0n) is 8.18. The minimum absolute atomic E-state index is 1.04. The number of benzene rings is 1. The van der Waals surface area contributed by atoms with Crippen LogP contribution in [0.4, 0.5) is 0 Å². The third-order valence-electron chi connectivity index (χ3n) is 2.07. The lowest BCUT2D eigenvalue weighted by Crippen LogP contribution is -1.80. The molecule has 0 atom stereocenters. The van der Waals surface area contributed by atoms with Gasteiger partial charge in [-0.25, -0.2) is 0 Å². The fourth-order valence-corrected chi connectivity index (χ4v) is 1.43. The fourth-order valence-electron chi connectivity index (χ4n) is 1.21. The van der Waals surface area contributed by atoms with Gasteiger partial charge >= 0.3 is 0 Å².